The van der Waals surface area contributed by atoms with E-state index >= 15 is 0 Å². The minimum atomic E-state index is -0.725. The van der Waals surface area contributed by atoms with Crippen molar-refractivity contribution in [2.24, 2.45) is 0 Å². The first kappa shape index (κ1) is 17.2. The molecule has 1 heterocycles. The van der Waals surface area contributed by atoms with Crippen LogP contribution >= 0.6 is 0 Å². The van der Waals surface area contributed by atoms with Gasteiger partial charge in [0.15, 0.2) is 0 Å². The lowest BCUT2D eigenvalue weighted by molar-refractivity contribution is 0.0912. The van der Waals surface area contributed by atoms with Crippen LogP contribution in [0.3, 0.4) is 0 Å². The maximum Gasteiger partial charge on any atom is 0.426 e. The largest absolute Gasteiger partial charge is 0.449 e. The second-order valence-electron chi connectivity index (χ2n) is 5.16. The van der Waals surface area contributed by atoms with Crippen LogP contribution < -0.4 is 10.9 Å². The van der Waals surface area contributed by atoms with E-state index < -0.39 is 12.0 Å². The fraction of sp³-hybridized carbons (Fsp3) is 0.111. The molecule has 0 aliphatic heterocycles. The van der Waals surface area contributed by atoms with Crippen LogP contribution in [-0.4, -0.2) is 28.8 Å². The standard InChI is InChI=1S/C18H16N4O4/c1-2-25-18(24)22-19-15(23)12-8-10-14(11-9-12)17-21-20-16(26-17)13-6-4-3-5-7-13/h3-11H,2H2,1H3,(H,19,23)(H,22,24). The number of nitrogens with one attached hydrogen (secondary N) is 2. The molecule has 2 aromatic carbocycles. The molecule has 3 aromatic rings. The third-order valence-electron chi connectivity index (χ3n) is 3.39. The van der Waals surface area contributed by atoms with E-state index in [0.29, 0.717) is 22.9 Å². The van der Waals surface area contributed by atoms with Gasteiger partial charge in [0.05, 0.1) is 6.61 Å². The van der Waals surface area contributed by atoms with Gasteiger partial charge in [-0.1, -0.05) is 18.2 Å². The molecular weight excluding hydrogens is 336 g/mol. The molecule has 132 valence electrons. The molecule has 1 aromatic heterocycles. The molecule has 8 nitrogen and oxygen atoms in total. The third-order valence-corrected chi connectivity index (χ3v) is 3.39. The highest BCUT2D eigenvalue weighted by atomic mass is 16.6. The number of aromatic nitrogens is 2. The topological polar surface area (TPSA) is 106 Å². The SMILES string of the molecule is CCOC(=O)NNC(=O)c1ccc(-c2nnc(-c3ccccc3)o2)cc1. The minimum Gasteiger partial charge on any atom is -0.449 e. The van der Waals surface area contributed by atoms with Crippen LogP contribution in [0.5, 0.6) is 0 Å². The van der Waals surface area contributed by atoms with E-state index in [1.807, 2.05) is 30.3 Å². The van der Waals surface area contributed by atoms with Crippen molar-refractivity contribution in [1.82, 2.24) is 21.0 Å². The van der Waals surface area contributed by atoms with Crippen molar-refractivity contribution < 1.29 is 18.7 Å². The summed E-state index contributed by atoms with van der Waals surface area (Å²) in [7, 11) is 0. The van der Waals surface area contributed by atoms with Crippen LogP contribution in [-0.2, 0) is 4.74 Å². The number of ether oxygens (including phenoxy) is 1. The van der Waals surface area contributed by atoms with E-state index in [1.165, 1.54) is 0 Å². The summed E-state index contributed by atoms with van der Waals surface area (Å²) in [5, 5.41) is 8.06. The number of carbonyl (C=O) groups is 2. The van der Waals surface area contributed by atoms with E-state index in [1.54, 1.807) is 31.2 Å². The lowest BCUT2D eigenvalue weighted by Gasteiger charge is -2.07. The molecule has 26 heavy (non-hydrogen) atoms. The fourth-order valence-electron chi connectivity index (χ4n) is 2.15. The normalized spacial score (nSPS) is 10.2. The van der Waals surface area contributed by atoms with Crippen molar-refractivity contribution >= 4 is 12.0 Å². The molecule has 0 spiro atoms. The number of carbonyl (C=O) groups excluding carboxylic acids is 2. The Balaban J connectivity index is 1.67. The molecule has 3 rings (SSSR count). The number of amides is 2. The second-order valence-corrected chi connectivity index (χ2v) is 5.16. The summed E-state index contributed by atoms with van der Waals surface area (Å²) in [5.41, 5.74) is 6.26. The van der Waals surface area contributed by atoms with Gasteiger partial charge < -0.3 is 9.15 Å². The zero-order chi connectivity index (χ0) is 18.4. The molecule has 0 saturated carbocycles. The Morgan fingerprint density at radius 1 is 0.923 bits per heavy atom. The number of hydrogen-bond donors (Lipinski definition) is 2. The first-order chi connectivity index (χ1) is 12.7. The summed E-state index contributed by atoms with van der Waals surface area (Å²) in [5.74, 6) is 0.293. The van der Waals surface area contributed by atoms with Gasteiger partial charge in [-0.3, -0.25) is 10.2 Å². The highest BCUT2D eigenvalue weighted by Crippen LogP contribution is 2.23. The third kappa shape index (κ3) is 4.04. The van der Waals surface area contributed by atoms with Crippen LogP contribution in [0, 0.1) is 0 Å². The van der Waals surface area contributed by atoms with Gasteiger partial charge in [-0.2, -0.15) is 0 Å². The maximum absolute atomic E-state index is 12.0. The van der Waals surface area contributed by atoms with Crippen molar-refractivity contribution in [3.05, 3.63) is 60.2 Å². The number of hydrogen-bond acceptors (Lipinski definition) is 6. The molecule has 0 bridgehead atoms. The molecule has 0 saturated heterocycles. The lowest BCUT2D eigenvalue weighted by atomic mass is 10.1. The van der Waals surface area contributed by atoms with E-state index in [-0.39, 0.29) is 6.61 Å². The van der Waals surface area contributed by atoms with E-state index in [0.717, 1.165) is 5.56 Å². The van der Waals surface area contributed by atoms with Crippen LogP contribution in [0.2, 0.25) is 0 Å². The molecule has 0 radical (unpaired) electrons. The van der Waals surface area contributed by atoms with E-state index in [2.05, 4.69) is 25.8 Å². The zero-order valence-electron chi connectivity index (χ0n) is 13.9. The summed E-state index contributed by atoms with van der Waals surface area (Å²) in [6, 6.07) is 16.0. The molecular formula is C18H16N4O4. The maximum atomic E-state index is 12.0. The fourth-order valence-corrected chi connectivity index (χ4v) is 2.15. The van der Waals surface area contributed by atoms with Crippen LogP contribution in [0.15, 0.2) is 59.0 Å². The number of rotatable bonds is 4. The van der Waals surface area contributed by atoms with Gasteiger partial charge in [0, 0.05) is 16.7 Å². The highest BCUT2D eigenvalue weighted by molar-refractivity contribution is 5.95. The Hall–Kier alpha value is -3.68. The van der Waals surface area contributed by atoms with Gasteiger partial charge in [0.2, 0.25) is 11.8 Å². The van der Waals surface area contributed by atoms with Crippen LogP contribution in [0.4, 0.5) is 4.79 Å². The molecule has 0 fully saturated rings. The van der Waals surface area contributed by atoms with Gasteiger partial charge in [0.1, 0.15) is 0 Å². The molecule has 0 aliphatic carbocycles. The molecule has 0 unspecified atom stereocenters. The van der Waals surface area contributed by atoms with Gasteiger partial charge >= 0.3 is 6.09 Å². The lowest BCUT2D eigenvalue weighted by Crippen LogP contribution is -2.41. The number of nitrogens with zero attached hydrogens (tertiary/aromatic N) is 2. The second kappa shape index (κ2) is 7.93. The van der Waals surface area contributed by atoms with Crippen molar-refractivity contribution in [3.8, 4) is 22.9 Å². The summed E-state index contributed by atoms with van der Waals surface area (Å²) >= 11 is 0. The van der Waals surface area contributed by atoms with Crippen LogP contribution in [0.1, 0.15) is 17.3 Å². The monoisotopic (exact) mass is 352 g/mol. The molecule has 0 aliphatic rings. The number of hydrazine groups is 1. The van der Waals surface area contributed by atoms with Crippen molar-refractivity contribution in [3.63, 3.8) is 0 Å². The average molecular weight is 352 g/mol. The Morgan fingerprint density at radius 3 is 2.15 bits per heavy atom. The van der Waals surface area contributed by atoms with Gasteiger partial charge in [-0.05, 0) is 43.3 Å². The Bertz CT molecular complexity index is 891. The van der Waals surface area contributed by atoms with Crippen molar-refractivity contribution in [1.29, 1.82) is 0 Å². The summed E-state index contributed by atoms with van der Waals surface area (Å²) in [4.78, 5) is 23.1. The van der Waals surface area contributed by atoms with E-state index in [4.69, 9.17) is 4.42 Å². The number of benzene rings is 2. The van der Waals surface area contributed by atoms with Crippen LogP contribution in [0.25, 0.3) is 22.9 Å². The van der Waals surface area contributed by atoms with Gasteiger partial charge in [-0.25, -0.2) is 10.2 Å². The highest BCUT2D eigenvalue weighted by Gasteiger charge is 2.12. The Labute approximate surface area is 149 Å². The first-order valence-electron chi connectivity index (χ1n) is 7.90. The predicted octanol–water partition coefficient (Wildman–Crippen LogP) is 2.79. The predicted molar refractivity (Wildman–Crippen MR) is 92.8 cm³/mol. The smallest absolute Gasteiger partial charge is 0.426 e. The average Bonchev–Trinajstić information content (AvgIpc) is 3.17. The van der Waals surface area contributed by atoms with Crippen molar-refractivity contribution in [2.45, 2.75) is 6.92 Å². The van der Waals surface area contributed by atoms with Gasteiger partial charge in [-0.15, -0.1) is 10.2 Å². The van der Waals surface area contributed by atoms with Gasteiger partial charge in [0.25, 0.3) is 5.91 Å². The Morgan fingerprint density at radius 2 is 1.54 bits per heavy atom. The summed E-state index contributed by atoms with van der Waals surface area (Å²) < 4.78 is 10.3. The molecule has 2 amide bonds. The first-order valence-corrected chi connectivity index (χ1v) is 7.90. The summed E-state index contributed by atoms with van der Waals surface area (Å²) in [6.45, 7) is 1.88. The zero-order valence-corrected chi connectivity index (χ0v) is 13.9. The molecule has 2 N–H and O–H groups in total. The summed E-state index contributed by atoms with van der Waals surface area (Å²) in [6.07, 6.45) is -0.725. The Kier molecular flexibility index (Phi) is 5.23. The quantitative estimate of drug-likeness (QED) is 0.699. The van der Waals surface area contributed by atoms with E-state index in [9.17, 15) is 9.59 Å². The van der Waals surface area contributed by atoms with Crippen molar-refractivity contribution in [2.75, 3.05) is 6.61 Å². The molecule has 0 atom stereocenters. The molecule has 8 heteroatoms. The minimum absolute atomic E-state index is 0.214.